The summed E-state index contributed by atoms with van der Waals surface area (Å²) in [6, 6.07) is 9.06. The minimum atomic E-state index is 0.820. The van der Waals surface area contributed by atoms with Gasteiger partial charge in [0.15, 0.2) is 0 Å². The van der Waals surface area contributed by atoms with Crippen molar-refractivity contribution in [1.82, 2.24) is 14.8 Å². The number of hydrogen-bond donors (Lipinski definition) is 1. The van der Waals surface area contributed by atoms with Crippen molar-refractivity contribution in [3.63, 3.8) is 0 Å². The van der Waals surface area contributed by atoms with Crippen LogP contribution < -0.4 is 5.73 Å². The molecule has 1 aliphatic carbocycles. The third-order valence-corrected chi connectivity index (χ3v) is 4.75. The van der Waals surface area contributed by atoms with Crippen molar-refractivity contribution in [3.05, 3.63) is 36.0 Å². The standard InChI is InChI=1S/C17H22N4/c18-16-6-3-13(17-15(16)2-1-7-19-17)12-20-8-10-21(11-9-20)14-4-5-14/h1-3,6-7,14H,4-5,8-12,18H2. The second-order valence-corrected chi connectivity index (χ2v) is 6.26. The number of anilines is 1. The van der Waals surface area contributed by atoms with E-state index in [0.717, 1.165) is 42.3 Å². The molecule has 4 heteroatoms. The SMILES string of the molecule is Nc1ccc(CN2CCN(C3CC3)CC2)c2ncccc12. The topological polar surface area (TPSA) is 45.4 Å². The summed E-state index contributed by atoms with van der Waals surface area (Å²) in [6.45, 7) is 5.73. The Morgan fingerprint density at radius 1 is 1.10 bits per heavy atom. The Morgan fingerprint density at radius 3 is 2.67 bits per heavy atom. The second kappa shape index (κ2) is 5.28. The van der Waals surface area contributed by atoms with Crippen LogP contribution in [-0.2, 0) is 6.54 Å². The summed E-state index contributed by atoms with van der Waals surface area (Å²) in [4.78, 5) is 9.73. The zero-order valence-corrected chi connectivity index (χ0v) is 12.3. The highest BCUT2D eigenvalue weighted by Gasteiger charge is 2.31. The van der Waals surface area contributed by atoms with Gasteiger partial charge in [0.1, 0.15) is 0 Å². The van der Waals surface area contributed by atoms with Gasteiger partial charge in [-0.3, -0.25) is 14.8 Å². The van der Waals surface area contributed by atoms with E-state index in [1.54, 1.807) is 0 Å². The Hall–Kier alpha value is -1.65. The quantitative estimate of drug-likeness (QED) is 0.876. The van der Waals surface area contributed by atoms with Crippen LogP contribution in [0.15, 0.2) is 30.5 Å². The molecule has 4 nitrogen and oxygen atoms in total. The number of benzene rings is 1. The van der Waals surface area contributed by atoms with Gasteiger partial charge in [0, 0.05) is 56.0 Å². The highest BCUT2D eigenvalue weighted by Crippen LogP contribution is 2.28. The van der Waals surface area contributed by atoms with Gasteiger partial charge in [-0.1, -0.05) is 6.07 Å². The zero-order valence-electron chi connectivity index (χ0n) is 12.3. The predicted octanol–water partition coefficient (Wildman–Crippen LogP) is 2.10. The van der Waals surface area contributed by atoms with Gasteiger partial charge in [0.2, 0.25) is 0 Å². The first kappa shape index (κ1) is 13.0. The molecule has 2 aromatic rings. The van der Waals surface area contributed by atoms with Crippen LogP contribution in [0.25, 0.3) is 10.9 Å². The summed E-state index contributed by atoms with van der Waals surface area (Å²) in [6.07, 6.45) is 4.68. The highest BCUT2D eigenvalue weighted by molar-refractivity contribution is 5.92. The van der Waals surface area contributed by atoms with Gasteiger partial charge in [-0.25, -0.2) is 0 Å². The Morgan fingerprint density at radius 2 is 1.90 bits per heavy atom. The molecule has 21 heavy (non-hydrogen) atoms. The number of rotatable bonds is 3. The number of aromatic nitrogens is 1. The normalized spacial score (nSPS) is 21.0. The lowest BCUT2D eigenvalue weighted by atomic mass is 10.1. The van der Waals surface area contributed by atoms with Crippen molar-refractivity contribution < 1.29 is 0 Å². The average molecular weight is 282 g/mol. The van der Waals surface area contributed by atoms with E-state index < -0.39 is 0 Å². The van der Waals surface area contributed by atoms with Crippen LogP contribution in [0.2, 0.25) is 0 Å². The van der Waals surface area contributed by atoms with Crippen LogP contribution in [0.4, 0.5) is 5.69 Å². The van der Waals surface area contributed by atoms with Crippen molar-refractivity contribution in [3.8, 4) is 0 Å². The molecular formula is C17H22N4. The monoisotopic (exact) mass is 282 g/mol. The molecule has 0 radical (unpaired) electrons. The summed E-state index contributed by atoms with van der Waals surface area (Å²) in [5, 5.41) is 1.08. The van der Waals surface area contributed by atoms with Crippen molar-refractivity contribution >= 4 is 16.6 Å². The van der Waals surface area contributed by atoms with E-state index in [4.69, 9.17) is 5.73 Å². The summed E-state index contributed by atoms with van der Waals surface area (Å²) >= 11 is 0. The van der Waals surface area contributed by atoms with Crippen LogP contribution in [-0.4, -0.2) is 47.0 Å². The first-order chi connectivity index (χ1) is 10.3. The van der Waals surface area contributed by atoms with Crippen LogP contribution in [0.3, 0.4) is 0 Å². The Balaban J connectivity index is 1.51. The average Bonchev–Trinajstić information content (AvgIpc) is 3.36. The third kappa shape index (κ3) is 2.61. The van der Waals surface area contributed by atoms with Crippen LogP contribution in [0, 0.1) is 0 Å². The van der Waals surface area contributed by atoms with Crippen LogP contribution in [0.1, 0.15) is 18.4 Å². The summed E-state index contributed by atoms with van der Waals surface area (Å²) in [5.74, 6) is 0. The molecule has 2 aliphatic rings. The summed E-state index contributed by atoms with van der Waals surface area (Å²) < 4.78 is 0. The van der Waals surface area contributed by atoms with E-state index in [0.29, 0.717) is 0 Å². The van der Waals surface area contributed by atoms with Gasteiger partial charge in [0.25, 0.3) is 0 Å². The maximum absolute atomic E-state index is 6.06. The van der Waals surface area contributed by atoms with Gasteiger partial charge in [-0.2, -0.15) is 0 Å². The largest absolute Gasteiger partial charge is 0.398 e. The number of fused-ring (bicyclic) bond motifs is 1. The first-order valence-corrected chi connectivity index (χ1v) is 7.90. The van der Waals surface area contributed by atoms with Gasteiger partial charge in [0.05, 0.1) is 5.52 Å². The molecule has 1 aromatic carbocycles. The summed E-state index contributed by atoms with van der Waals surface area (Å²) in [5.41, 5.74) is 9.23. The minimum absolute atomic E-state index is 0.820. The van der Waals surface area contributed by atoms with E-state index >= 15 is 0 Å². The smallest absolute Gasteiger partial charge is 0.0767 e. The Bertz CT molecular complexity index is 642. The molecule has 0 bridgehead atoms. The maximum Gasteiger partial charge on any atom is 0.0767 e. The molecule has 1 saturated carbocycles. The van der Waals surface area contributed by atoms with Crippen LogP contribution >= 0.6 is 0 Å². The molecule has 1 saturated heterocycles. The number of piperazine rings is 1. The third-order valence-electron chi connectivity index (χ3n) is 4.75. The first-order valence-electron chi connectivity index (χ1n) is 7.90. The molecule has 0 spiro atoms. The van der Waals surface area contributed by atoms with E-state index in [9.17, 15) is 0 Å². The van der Waals surface area contributed by atoms with Gasteiger partial charge >= 0.3 is 0 Å². The molecule has 2 N–H and O–H groups in total. The minimum Gasteiger partial charge on any atom is -0.398 e. The van der Waals surface area contributed by atoms with Crippen molar-refractivity contribution in [2.24, 2.45) is 0 Å². The number of pyridine rings is 1. The zero-order chi connectivity index (χ0) is 14.2. The lowest BCUT2D eigenvalue weighted by molar-refractivity contribution is 0.122. The molecule has 4 rings (SSSR count). The highest BCUT2D eigenvalue weighted by atomic mass is 15.3. The van der Waals surface area contributed by atoms with E-state index in [2.05, 4.69) is 26.9 Å². The number of nitrogens with two attached hydrogens (primary N) is 1. The van der Waals surface area contributed by atoms with Crippen molar-refractivity contribution in [2.45, 2.75) is 25.4 Å². The lowest BCUT2D eigenvalue weighted by Gasteiger charge is -2.34. The van der Waals surface area contributed by atoms with Crippen molar-refractivity contribution in [2.75, 3.05) is 31.9 Å². The fourth-order valence-electron chi connectivity index (χ4n) is 3.35. The molecule has 0 atom stereocenters. The molecule has 0 unspecified atom stereocenters. The molecule has 2 heterocycles. The molecule has 1 aliphatic heterocycles. The van der Waals surface area contributed by atoms with Gasteiger partial charge < -0.3 is 5.73 Å². The Kier molecular flexibility index (Phi) is 3.28. The summed E-state index contributed by atoms with van der Waals surface area (Å²) in [7, 11) is 0. The molecular weight excluding hydrogens is 260 g/mol. The Labute approximate surface area is 125 Å². The number of nitrogen functional groups attached to an aromatic ring is 1. The van der Waals surface area contributed by atoms with Crippen LogP contribution in [0.5, 0.6) is 0 Å². The fraction of sp³-hybridized carbons (Fsp3) is 0.471. The lowest BCUT2D eigenvalue weighted by Crippen LogP contribution is -2.46. The molecule has 0 amide bonds. The molecule has 110 valence electrons. The molecule has 1 aromatic heterocycles. The molecule has 2 fully saturated rings. The second-order valence-electron chi connectivity index (χ2n) is 6.26. The van der Waals surface area contributed by atoms with E-state index in [1.807, 2.05) is 18.3 Å². The van der Waals surface area contributed by atoms with Gasteiger partial charge in [-0.15, -0.1) is 0 Å². The number of nitrogens with zero attached hydrogens (tertiary/aromatic N) is 3. The van der Waals surface area contributed by atoms with E-state index in [-0.39, 0.29) is 0 Å². The fourth-order valence-corrected chi connectivity index (χ4v) is 3.35. The predicted molar refractivity (Wildman–Crippen MR) is 86.0 cm³/mol. The van der Waals surface area contributed by atoms with Gasteiger partial charge in [-0.05, 0) is 36.6 Å². The maximum atomic E-state index is 6.06. The number of hydrogen-bond acceptors (Lipinski definition) is 4. The van der Waals surface area contributed by atoms with Crippen molar-refractivity contribution in [1.29, 1.82) is 0 Å². The van der Waals surface area contributed by atoms with E-state index in [1.165, 1.54) is 31.5 Å².